The molecule has 0 radical (unpaired) electrons. The SMILES string of the molecule is CCOC(=O)c1cn(-c2ccc(-c3ccc(N4C[C@H](CNC(C)=O)OC4=O)cc3F)cn2)nn1. The molecule has 0 unspecified atom stereocenters. The molecule has 1 saturated heterocycles. The first-order valence-electron chi connectivity index (χ1n) is 10.4. The van der Waals surface area contributed by atoms with Crippen LogP contribution in [-0.4, -0.2) is 63.7 Å². The Bertz CT molecular complexity index is 1230. The molecule has 1 fully saturated rings. The number of cyclic esters (lactones) is 1. The number of esters is 1. The van der Waals surface area contributed by atoms with Crippen molar-refractivity contribution >= 4 is 23.7 Å². The van der Waals surface area contributed by atoms with Crippen LogP contribution in [0.25, 0.3) is 16.9 Å². The van der Waals surface area contributed by atoms with Gasteiger partial charge in [0.25, 0.3) is 0 Å². The third kappa shape index (κ3) is 4.85. The number of aromatic nitrogens is 4. The van der Waals surface area contributed by atoms with Crippen molar-refractivity contribution in [1.29, 1.82) is 0 Å². The quantitative estimate of drug-likeness (QED) is 0.522. The predicted molar refractivity (Wildman–Crippen MR) is 117 cm³/mol. The van der Waals surface area contributed by atoms with Gasteiger partial charge < -0.3 is 14.8 Å². The van der Waals surface area contributed by atoms with Crippen LogP contribution in [0.5, 0.6) is 0 Å². The lowest BCUT2D eigenvalue weighted by atomic mass is 10.1. The maximum absolute atomic E-state index is 14.9. The summed E-state index contributed by atoms with van der Waals surface area (Å²) in [6.45, 7) is 3.66. The molecule has 0 aliphatic carbocycles. The van der Waals surface area contributed by atoms with E-state index in [-0.39, 0.29) is 36.9 Å². The van der Waals surface area contributed by atoms with E-state index in [2.05, 4.69) is 20.6 Å². The van der Waals surface area contributed by atoms with Crippen molar-refractivity contribution in [2.45, 2.75) is 20.0 Å². The normalized spacial score (nSPS) is 15.2. The van der Waals surface area contributed by atoms with Crippen LogP contribution in [0.1, 0.15) is 24.3 Å². The summed E-state index contributed by atoms with van der Waals surface area (Å²) in [5.41, 5.74) is 1.19. The molecule has 0 spiro atoms. The number of carbonyl (C=O) groups is 3. The Morgan fingerprint density at radius 3 is 2.79 bits per heavy atom. The second-order valence-corrected chi connectivity index (χ2v) is 7.39. The number of nitrogens with one attached hydrogen (secondary N) is 1. The molecule has 3 heterocycles. The molecule has 0 bridgehead atoms. The van der Waals surface area contributed by atoms with Gasteiger partial charge in [0.2, 0.25) is 5.91 Å². The fourth-order valence-corrected chi connectivity index (χ4v) is 3.36. The first-order chi connectivity index (χ1) is 16.4. The van der Waals surface area contributed by atoms with Gasteiger partial charge in [-0.05, 0) is 37.3 Å². The third-order valence-corrected chi connectivity index (χ3v) is 4.99. The summed E-state index contributed by atoms with van der Waals surface area (Å²) in [6.07, 6.45) is 1.73. The number of nitrogens with zero attached hydrogens (tertiary/aromatic N) is 5. The van der Waals surface area contributed by atoms with Crippen molar-refractivity contribution < 1.29 is 28.2 Å². The average Bonchev–Trinajstić information content (AvgIpc) is 3.45. The molecule has 1 aliphatic heterocycles. The van der Waals surface area contributed by atoms with Gasteiger partial charge in [0.1, 0.15) is 11.9 Å². The van der Waals surface area contributed by atoms with E-state index in [9.17, 15) is 18.8 Å². The van der Waals surface area contributed by atoms with E-state index in [4.69, 9.17) is 9.47 Å². The molecule has 4 rings (SSSR count). The number of ether oxygens (including phenoxy) is 2. The fraction of sp³-hybridized carbons (Fsp3) is 0.273. The zero-order valence-electron chi connectivity index (χ0n) is 18.4. The Morgan fingerprint density at radius 1 is 1.29 bits per heavy atom. The molecule has 176 valence electrons. The smallest absolute Gasteiger partial charge is 0.414 e. The molecule has 0 saturated carbocycles. The maximum atomic E-state index is 14.9. The topological polar surface area (TPSA) is 129 Å². The van der Waals surface area contributed by atoms with Gasteiger partial charge in [0.05, 0.1) is 31.6 Å². The van der Waals surface area contributed by atoms with Gasteiger partial charge in [0.15, 0.2) is 11.5 Å². The molecular weight excluding hydrogens is 447 g/mol. The summed E-state index contributed by atoms with van der Waals surface area (Å²) in [5.74, 6) is -0.979. The fourth-order valence-electron chi connectivity index (χ4n) is 3.36. The zero-order valence-corrected chi connectivity index (χ0v) is 18.4. The van der Waals surface area contributed by atoms with Crippen LogP contribution in [0.2, 0.25) is 0 Å². The van der Waals surface area contributed by atoms with Gasteiger partial charge in [0, 0.05) is 24.2 Å². The molecular formula is C22H21FN6O5. The first kappa shape index (κ1) is 22.8. The minimum Gasteiger partial charge on any atom is -0.461 e. The lowest BCUT2D eigenvalue weighted by Gasteiger charge is -2.14. The highest BCUT2D eigenvalue weighted by Gasteiger charge is 2.32. The van der Waals surface area contributed by atoms with Crippen LogP contribution < -0.4 is 10.2 Å². The summed E-state index contributed by atoms with van der Waals surface area (Å²) in [6, 6.07) is 7.66. The second kappa shape index (κ2) is 9.65. The molecule has 12 heteroatoms. The highest BCUT2D eigenvalue weighted by atomic mass is 19.1. The number of pyridine rings is 1. The van der Waals surface area contributed by atoms with E-state index in [0.717, 1.165) is 0 Å². The Labute approximate surface area is 193 Å². The molecule has 11 nitrogen and oxygen atoms in total. The molecule has 1 N–H and O–H groups in total. The van der Waals surface area contributed by atoms with Crippen molar-refractivity contribution in [3.05, 3.63) is 54.2 Å². The van der Waals surface area contributed by atoms with E-state index in [0.29, 0.717) is 17.1 Å². The third-order valence-electron chi connectivity index (χ3n) is 4.99. The van der Waals surface area contributed by atoms with Gasteiger partial charge in [-0.15, -0.1) is 5.10 Å². The minimum atomic E-state index is -0.608. The zero-order chi connectivity index (χ0) is 24.2. The lowest BCUT2D eigenvalue weighted by Crippen LogP contribution is -2.33. The molecule has 1 aromatic carbocycles. The van der Waals surface area contributed by atoms with Gasteiger partial charge in [-0.3, -0.25) is 9.69 Å². The monoisotopic (exact) mass is 468 g/mol. The summed E-state index contributed by atoms with van der Waals surface area (Å²) < 4.78 is 26.3. The number of hydrogen-bond donors (Lipinski definition) is 1. The van der Waals surface area contributed by atoms with E-state index in [1.165, 1.54) is 35.0 Å². The number of carbonyl (C=O) groups excluding carboxylic acids is 3. The summed E-state index contributed by atoms with van der Waals surface area (Å²) in [7, 11) is 0. The first-order valence-corrected chi connectivity index (χ1v) is 10.4. The van der Waals surface area contributed by atoms with Crippen molar-refractivity contribution in [1.82, 2.24) is 25.3 Å². The number of rotatable bonds is 7. The van der Waals surface area contributed by atoms with Gasteiger partial charge in [-0.1, -0.05) is 5.21 Å². The molecule has 2 amide bonds. The average molecular weight is 468 g/mol. The van der Waals surface area contributed by atoms with E-state index in [1.807, 2.05) is 0 Å². The van der Waals surface area contributed by atoms with Crippen LogP contribution in [0, 0.1) is 5.82 Å². The number of anilines is 1. The summed E-state index contributed by atoms with van der Waals surface area (Å²) in [5, 5.41) is 10.2. The van der Waals surface area contributed by atoms with Gasteiger partial charge in [-0.25, -0.2) is 23.6 Å². The predicted octanol–water partition coefficient (Wildman–Crippen LogP) is 2.11. The molecule has 1 aliphatic rings. The number of benzene rings is 1. The second-order valence-electron chi connectivity index (χ2n) is 7.39. The summed E-state index contributed by atoms with van der Waals surface area (Å²) in [4.78, 5) is 40.5. The summed E-state index contributed by atoms with van der Waals surface area (Å²) >= 11 is 0. The van der Waals surface area contributed by atoms with Crippen molar-refractivity contribution in [2.24, 2.45) is 0 Å². The van der Waals surface area contributed by atoms with Crippen LogP contribution in [0.4, 0.5) is 14.9 Å². The molecule has 2 aromatic heterocycles. The van der Waals surface area contributed by atoms with Crippen LogP contribution >= 0.6 is 0 Å². The van der Waals surface area contributed by atoms with Crippen molar-refractivity contribution in [3.63, 3.8) is 0 Å². The molecule has 1 atom stereocenters. The van der Waals surface area contributed by atoms with Crippen LogP contribution in [0.15, 0.2) is 42.7 Å². The lowest BCUT2D eigenvalue weighted by molar-refractivity contribution is -0.119. The van der Waals surface area contributed by atoms with E-state index in [1.54, 1.807) is 31.2 Å². The number of hydrogen-bond acceptors (Lipinski definition) is 8. The van der Waals surface area contributed by atoms with E-state index < -0.39 is 24.0 Å². The largest absolute Gasteiger partial charge is 0.461 e. The van der Waals surface area contributed by atoms with Gasteiger partial charge >= 0.3 is 12.1 Å². The molecule has 3 aromatic rings. The van der Waals surface area contributed by atoms with E-state index >= 15 is 0 Å². The van der Waals surface area contributed by atoms with Gasteiger partial charge in [-0.2, -0.15) is 0 Å². The Balaban J connectivity index is 1.48. The van der Waals surface area contributed by atoms with Crippen molar-refractivity contribution in [3.8, 4) is 16.9 Å². The standard InChI is InChI=1S/C22H21FN6O5/c1-3-33-21(31)19-12-29(27-26-19)20-7-4-14(9-25-20)17-6-5-15(8-18(17)23)28-11-16(34-22(28)32)10-24-13(2)30/h4-9,12,16H,3,10-11H2,1-2H3,(H,24,30)/t16-/m0/s1. The maximum Gasteiger partial charge on any atom is 0.414 e. The minimum absolute atomic E-state index is 0.0501. The number of amides is 2. The van der Waals surface area contributed by atoms with Crippen LogP contribution in [0.3, 0.4) is 0 Å². The van der Waals surface area contributed by atoms with Crippen LogP contribution in [-0.2, 0) is 14.3 Å². The highest BCUT2D eigenvalue weighted by Crippen LogP contribution is 2.29. The Hall–Kier alpha value is -4.35. The number of halogens is 1. The molecule has 34 heavy (non-hydrogen) atoms. The Morgan fingerprint density at radius 2 is 2.12 bits per heavy atom. The highest BCUT2D eigenvalue weighted by molar-refractivity contribution is 5.90. The van der Waals surface area contributed by atoms with Crippen molar-refractivity contribution in [2.75, 3.05) is 24.6 Å². The Kier molecular flexibility index (Phi) is 6.48.